The molecule has 1 fully saturated rings. The third-order valence-corrected chi connectivity index (χ3v) is 6.39. The van der Waals surface area contributed by atoms with Gasteiger partial charge in [-0.15, -0.1) is 0 Å². The number of hydrogen-bond acceptors (Lipinski definition) is 0. The summed E-state index contributed by atoms with van der Waals surface area (Å²) in [6.45, 7) is 2.25. The highest BCUT2D eigenvalue weighted by Gasteiger charge is 2.31. The van der Waals surface area contributed by atoms with E-state index in [9.17, 15) is 17.6 Å². The molecule has 4 rings (SSSR count). The fourth-order valence-electron chi connectivity index (χ4n) is 4.60. The Morgan fingerprint density at radius 2 is 1.62 bits per heavy atom. The summed E-state index contributed by atoms with van der Waals surface area (Å²) in [6, 6.07) is 14.6. The maximum Gasteiger partial charge on any atom is 0.416 e. The predicted molar refractivity (Wildman–Crippen MR) is 109 cm³/mol. The fraction of sp³-hybridized carbons (Fsp3) is 0.360. The molecule has 4 heteroatoms. The monoisotopic (exact) mass is 400 g/mol. The number of alkyl halides is 3. The molecule has 0 bridgehead atoms. The standard InChI is InChI=1S/C25H24F4/c1-2-16-6-8-17(9-7-16)18-10-12-21-19(14-18)4-3-5-22(21)23-13-11-20(15-24(23)26)25(27,28)29/h3-5,10-17H,2,6-9H2,1H3. The first kappa shape index (κ1) is 19.9. The van der Waals surface area contributed by atoms with Gasteiger partial charge in [-0.25, -0.2) is 4.39 Å². The van der Waals surface area contributed by atoms with Crippen molar-refractivity contribution in [3.05, 3.63) is 71.5 Å². The SMILES string of the molecule is CCC1CCC(c2ccc3c(-c4ccc(C(F)(F)F)cc4F)cccc3c2)CC1. The Hall–Kier alpha value is -2.36. The Kier molecular flexibility index (Phi) is 5.37. The van der Waals surface area contributed by atoms with Gasteiger partial charge in [0.25, 0.3) is 0 Å². The molecule has 0 N–H and O–H groups in total. The van der Waals surface area contributed by atoms with Crippen LogP contribution in [0.1, 0.15) is 56.1 Å². The Morgan fingerprint density at radius 1 is 0.862 bits per heavy atom. The van der Waals surface area contributed by atoms with Gasteiger partial charge in [0.15, 0.2) is 0 Å². The normalized spacial score (nSPS) is 20.2. The van der Waals surface area contributed by atoms with Gasteiger partial charge < -0.3 is 0 Å². The summed E-state index contributed by atoms with van der Waals surface area (Å²) < 4.78 is 53.1. The summed E-state index contributed by atoms with van der Waals surface area (Å²) in [5.74, 6) is 0.531. The first-order valence-corrected chi connectivity index (χ1v) is 10.3. The van der Waals surface area contributed by atoms with Crippen molar-refractivity contribution < 1.29 is 17.6 Å². The zero-order valence-electron chi connectivity index (χ0n) is 16.4. The molecule has 0 unspecified atom stereocenters. The van der Waals surface area contributed by atoms with Crippen LogP contribution in [0.3, 0.4) is 0 Å². The molecule has 3 aromatic carbocycles. The lowest BCUT2D eigenvalue weighted by atomic mass is 9.77. The second-order valence-electron chi connectivity index (χ2n) is 8.10. The summed E-state index contributed by atoms with van der Waals surface area (Å²) in [6.07, 6.45) is 1.59. The summed E-state index contributed by atoms with van der Waals surface area (Å²) in [5.41, 5.74) is 1.15. The molecule has 0 amide bonds. The van der Waals surface area contributed by atoms with E-state index in [0.29, 0.717) is 17.5 Å². The van der Waals surface area contributed by atoms with Crippen LogP contribution in [0.15, 0.2) is 54.6 Å². The fourth-order valence-corrected chi connectivity index (χ4v) is 4.60. The van der Waals surface area contributed by atoms with E-state index in [2.05, 4.69) is 19.1 Å². The van der Waals surface area contributed by atoms with Gasteiger partial charge in [-0.3, -0.25) is 0 Å². The van der Waals surface area contributed by atoms with Gasteiger partial charge in [-0.2, -0.15) is 13.2 Å². The average Bonchev–Trinajstić information content (AvgIpc) is 2.72. The van der Waals surface area contributed by atoms with Crippen LogP contribution in [0.4, 0.5) is 17.6 Å². The minimum absolute atomic E-state index is 0.194. The van der Waals surface area contributed by atoms with E-state index in [1.165, 1.54) is 43.7 Å². The highest BCUT2D eigenvalue weighted by atomic mass is 19.4. The van der Waals surface area contributed by atoms with Crippen LogP contribution >= 0.6 is 0 Å². The Morgan fingerprint density at radius 3 is 2.28 bits per heavy atom. The van der Waals surface area contributed by atoms with Crippen LogP contribution in [0.25, 0.3) is 21.9 Å². The zero-order chi connectivity index (χ0) is 20.6. The van der Waals surface area contributed by atoms with Crippen molar-refractivity contribution in [2.75, 3.05) is 0 Å². The molecule has 0 aromatic heterocycles. The molecular formula is C25H24F4. The second-order valence-corrected chi connectivity index (χ2v) is 8.10. The molecule has 1 aliphatic rings. The van der Waals surface area contributed by atoms with Gasteiger partial charge in [0.2, 0.25) is 0 Å². The molecule has 0 atom stereocenters. The summed E-state index contributed by atoms with van der Waals surface area (Å²) in [7, 11) is 0. The number of rotatable bonds is 3. The molecule has 1 aliphatic carbocycles. The van der Waals surface area contributed by atoms with Gasteiger partial charge in [0, 0.05) is 5.56 Å². The lowest BCUT2D eigenvalue weighted by Crippen LogP contribution is -2.12. The average molecular weight is 400 g/mol. The maximum absolute atomic E-state index is 14.5. The molecule has 0 nitrogen and oxygen atoms in total. The quantitative estimate of drug-likeness (QED) is 0.388. The smallest absolute Gasteiger partial charge is 0.206 e. The van der Waals surface area contributed by atoms with Crippen molar-refractivity contribution in [2.24, 2.45) is 5.92 Å². The molecule has 0 saturated heterocycles. The topological polar surface area (TPSA) is 0 Å². The van der Waals surface area contributed by atoms with Gasteiger partial charge in [-0.1, -0.05) is 55.8 Å². The lowest BCUT2D eigenvalue weighted by molar-refractivity contribution is -0.137. The van der Waals surface area contributed by atoms with Crippen molar-refractivity contribution in [1.82, 2.24) is 0 Å². The molecule has 0 aliphatic heterocycles. The van der Waals surface area contributed by atoms with Crippen molar-refractivity contribution >= 4 is 10.8 Å². The van der Waals surface area contributed by atoms with Crippen molar-refractivity contribution in [1.29, 1.82) is 0 Å². The number of hydrogen-bond donors (Lipinski definition) is 0. The minimum atomic E-state index is -4.55. The van der Waals surface area contributed by atoms with Crippen molar-refractivity contribution in [3.8, 4) is 11.1 Å². The third-order valence-electron chi connectivity index (χ3n) is 6.39. The van der Waals surface area contributed by atoms with E-state index >= 15 is 0 Å². The van der Waals surface area contributed by atoms with E-state index in [1.807, 2.05) is 18.2 Å². The summed E-state index contributed by atoms with van der Waals surface area (Å²) >= 11 is 0. The molecule has 0 heterocycles. The van der Waals surface area contributed by atoms with Crippen LogP contribution < -0.4 is 0 Å². The Bertz CT molecular complexity index is 1010. The first-order chi connectivity index (χ1) is 13.9. The first-order valence-electron chi connectivity index (χ1n) is 10.3. The highest BCUT2D eigenvalue weighted by molar-refractivity contribution is 5.97. The van der Waals surface area contributed by atoms with Gasteiger partial charge in [0.05, 0.1) is 5.56 Å². The minimum Gasteiger partial charge on any atom is -0.206 e. The second kappa shape index (κ2) is 7.81. The molecule has 29 heavy (non-hydrogen) atoms. The summed E-state index contributed by atoms with van der Waals surface area (Å²) in [5, 5.41) is 1.86. The van der Waals surface area contributed by atoms with E-state index in [0.717, 1.165) is 22.8 Å². The largest absolute Gasteiger partial charge is 0.416 e. The number of benzene rings is 3. The summed E-state index contributed by atoms with van der Waals surface area (Å²) in [4.78, 5) is 0. The predicted octanol–water partition coefficient (Wildman–Crippen LogP) is 8.35. The molecule has 3 aromatic rings. The van der Waals surface area contributed by atoms with Crippen LogP contribution in [-0.2, 0) is 6.18 Å². The third kappa shape index (κ3) is 4.03. The lowest BCUT2D eigenvalue weighted by Gasteiger charge is -2.28. The van der Waals surface area contributed by atoms with Gasteiger partial charge in [0.1, 0.15) is 5.82 Å². The van der Waals surface area contributed by atoms with Crippen LogP contribution in [0.5, 0.6) is 0 Å². The Labute approximate surface area is 168 Å². The molecule has 0 spiro atoms. The van der Waals surface area contributed by atoms with E-state index in [4.69, 9.17) is 0 Å². The highest BCUT2D eigenvalue weighted by Crippen LogP contribution is 2.39. The van der Waals surface area contributed by atoms with Gasteiger partial charge in [-0.05, 0) is 71.6 Å². The van der Waals surface area contributed by atoms with Crippen molar-refractivity contribution in [3.63, 3.8) is 0 Å². The number of fused-ring (bicyclic) bond motifs is 1. The van der Waals surface area contributed by atoms with Crippen molar-refractivity contribution in [2.45, 2.75) is 51.1 Å². The molecule has 152 valence electrons. The van der Waals surface area contributed by atoms with Crippen LogP contribution in [0.2, 0.25) is 0 Å². The van der Waals surface area contributed by atoms with E-state index in [1.54, 1.807) is 6.07 Å². The molecular weight excluding hydrogens is 376 g/mol. The molecule has 1 saturated carbocycles. The Balaban J connectivity index is 1.69. The van der Waals surface area contributed by atoms with E-state index < -0.39 is 17.6 Å². The van der Waals surface area contributed by atoms with Crippen LogP contribution in [-0.4, -0.2) is 0 Å². The maximum atomic E-state index is 14.5. The number of halogens is 4. The van der Waals surface area contributed by atoms with E-state index in [-0.39, 0.29) is 5.56 Å². The zero-order valence-corrected chi connectivity index (χ0v) is 16.4. The molecule has 0 radical (unpaired) electrons. The van der Waals surface area contributed by atoms with Gasteiger partial charge >= 0.3 is 6.18 Å². The van der Waals surface area contributed by atoms with Crippen LogP contribution in [0, 0.1) is 11.7 Å².